The molecule has 1 amide bonds. The van der Waals surface area contributed by atoms with Crippen molar-refractivity contribution in [3.63, 3.8) is 0 Å². The molecule has 7 nitrogen and oxygen atoms in total. The maximum atomic E-state index is 11.1. The Morgan fingerprint density at radius 3 is 2.64 bits per heavy atom. The topological polar surface area (TPSA) is 116 Å². The van der Waals surface area contributed by atoms with Gasteiger partial charge >= 0.3 is 7.60 Å². The van der Waals surface area contributed by atoms with Crippen molar-refractivity contribution in [1.82, 2.24) is 5.48 Å². The molecule has 0 heterocycles. The molecule has 0 saturated heterocycles. The van der Waals surface area contributed by atoms with E-state index in [0.29, 0.717) is 0 Å². The minimum atomic E-state index is -3.77. The minimum absolute atomic E-state index is 0.0367. The Balaban J connectivity index is 3.72. The molecule has 0 aliphatic carbocycles. The number of aliphatic hydroxyl groups excluding tert-OH is 1. The minimum Gasteiger partial charge on any atom is -0.396 e. The van der Waals surface area contributed by atoms with Gasteiger partial charge in [0.05, 0.1) is 12.8 Å². The molecule has 4 N–H and O–H groups in total. The standard InChI is InChI=1S/C6H14NO6P/c8-3-1-4-13-14(11,12)5-2-6(9)7-10/h8,10H,1-5H2,(H,7,9)(H,11,12). The van der Waals surface area contributed by atoms with Crippen LogP contribution in [0.1, 0.15) is 12.8 Å². The number of rotatable bonds is 7. The van der Waals surface area contributed by atoms with Gasteiger partial charge in [0, 0.05) is 13.0 Å². The first kappa shape index (κ1) is 13.5. The highest BCUT2D eigenvalue weighted by Gasteiger charge is 2.20. The summed E-state index contributed by atoms with van der Waals surface area (Å²) in [6.07, 6.45) is -0.384. The molecule has 0 aromatic carbocycles. The van der Waals surface area contributed by atoms with E-state index in [1.54, 1.807) is 0 Å². The summed E-state index contributed by atoms with van der Waals surface area (Å²) in [4.78, 5) is 19.6. The molecule has 1 unspecified atom stereocenters. The molecule has 0 spiro atoms. The van der Waals surface area contributed by atoms with E-state index in [1.165, 1.54) is 5.48 Å². The van der Waals surface area contributed by atoms with Crippen LogP contribution in [0.5, 0.6) is 0 Å². The van der Waals surface area contributed by atoms with Gasteiger partial charge in [0.15, 0.2) is 0 Å². The SMILES string of the molecule is O=C(CCP(=O)(O)OCCCO)NO. The van der Waals surface area contributed by atoms with Gasteiger partial charge in [-0.1, -0.05) is 0 Å². The van der Waals surface area contributed by atoms with Crippen molar-refractivity contribution < 1.29 is 29.1 Å². The Labute approximate surface area is 81.2 Å². The molecule has 0 aromatic heterocycles. The molecule has 84 valence electrons. The van der Waals surface area contributed by atoms with E-state index in [-0.39, 0.29) is 32.2 Å². The van der Waals surface area contributed by atoms with Crippen LogP contribution in [-0.4, -0.2) is 40.5 Å². The normalized spacial score (nSPS) is 14.8. The van der Waals surface area contributed by atoms with E-state index >= 15 is 0 Å². The van der Waals surface area contributed by atoms with Crippen molar-refractivity contribution in [2.45, 2.75) is 12.8 Å². The summed E-state index contributed by atoms with van der Waals surface area (Å²) in [5, 5.41) is 16.5. The number of nitrogens with one attached hydrogen (secondary N) is 1. The van der Waals surface area contributed by atoms with E-state index in [2.05, 4.69) is 4.52 Å². The second-order valence-electron chi connectivity index (χ2n) is 2.56. The van der Waals surface area contributed by atoms with Crippen molar-refractivity contribution in [1.29, 1.82) is 0 Å². The zero-order valence-corrected chi connectivity index (χ0v) is 8.44. The van der Waals surface area contributed by atoms with E-state index in [4.69, 9.17) is 15.2 Å². The van der Waals surface area contributed by atoms with E-state index < -0.39 is 13.5 Å². The Hall–Kier alpha value is -0.460. The smallest absolute Gasteiger partial charge is 0.328 e. The fourth-order valence-electron chi connectivity index (χ4n) is 0.635. The van der Waals surface area contributed by atoms with Crippen LogP contribution in [0.2, 0.25) is 0 Å². The summed E-state index contributed by atoms with van der Waals surface area (Å²) >= 11 is 0. The van der Waals surface area contributed by atoms with Crippen LogP contribution in [0.15, 0.2) is 0 Å². The van der Waals surface area contributed by atoms with Gasteiger partial charge in [0.2, 0.25) is 5.91 Å². The number of hydrogen-bond donors (Lipinski definition) is 4. The van der Waals surface area contributed by atoms with Crippen LogP contribution in [0.3, 0.4) is 0 Å². The molecule has 1 atom stereocenters. The van der Waals surface area contributed by atoms with E-state index in [0.717, 1.165) is 0 Å². The van der Waals surface area contributed by atoms with Crippen LogP contribution < -0.4 is 5.48 Å². The lowest BCUT2D eigenvalue weighted by atomic mass is 10.5. The van der Waals surface area contributed by atoms with Gasteiger partial charge in [0.1, 0.15) is 0 Å². The first-order valence-corrected chi connectivity index (χ1v) is 5.78. The summed E-state index contributed by atoms with van der Waals surface area (Å²) in [5.74, 6) is -0.745. The monoisotopic (exact) mass is 227 g/mol. The summed E-state index contributed by atoms with van der Waals surface area (Å²) in [6, 6.07) is 0. The third kappa shape index (κ3) is 6.99. The van der Waals surface area contributed by atoms with E-state index in [9.17, 15) is 9.36 Å². The van der Waals surface area contributed by atoms with Gasteiger partial charge in [-0.3, -0.25) is 14.6 Å². The number of carbonyl (C=O) groups excluding carboxylic acids is 1. The summed E-state index contributed by atoms with van der Waals surface area (Å²) in [6.45, 7) is -0.165. The highest BCUT2D eigenvalue weighted by atomic mass is 31.2. The fourth-order valence-corrected chi connectivity index (χ4v) is 1.66. The van der Waals surface area contributed by atoms with Crippen molar-refractivity contribution in [3.8, 4) is 0 Å². The van der Waals surface area contributed by atoms with Crippen LogP contribution in [0, 0.1) is 0 Å². The van der Waals surface area contributed by atoms with Gasteiger partial charge in [-0.2, -0.15) is 0 Å². The maximum absolute atomic E-state index is 11.1. The molecule has 0 fully saturated rings. The van der Waals surface area contributed by atoms with Gasteiger partial charge in [-0.05, 0) is 6.42 Å². The first-order valence-electron chi connectivity index (χ1n) is 4.02. The van der Waals surface area contributed by atoms with Crippen LogP contribution in [-0.2, 0) is 13.9 Å². The zero-order chi connectivity index (χ0) is 11.0. The molecule has 0 bridgehead atoms. The molecule has 0 rings (SSSR count). The average molecular weight is 227 g/mol. The van der Waals surface area contributed by atoms with Crippen LogP contribution >= 0.6 is 7.60 Å². The lowest BCUT2D eigenvalue weighted by molar-refractivity contribution is -0.128. The lowest BCUT2D eigenvalue weighted by Gasteiger charge is -2.10. The number of hydrogen-bond acceptors (Lipinski definition) is 5. The molecule has 0 saturated carbocycles. The first-order chi connectivity index (χ1) is 6.52. The van der Waals surface area contributed by atoms with Crippen molar-refractivity contribution >= 4 is 13.5 Å². The van der Waals surface area contributed by atoms with Gasteiger partial charge < -0.3 is 14.5 Å². The quantitative estimate of drug-likeness (QED) is 0.201. The molecular formula is C6H14NO6P. The highest BCUT2D eigenvalue weighted by molar-refractivity contribution is 7.52. The van der Waals surface area contributed by atoms with Gasteiger partial charge in [-0.15, -0.1) is 0 Å². The molecule has 0 radical (unpaired) electrons. The van der Waals surface area contributed by atoms with Crippen LogP contribution in [0.25, 0.3) is 0 Å². The highest BCUT2D eigenvalue weighted by Crippen LogP contribution is 2.42. The Morgan fingerprint density at radius 1 is 1.50 bits per heavy atom. The molecule has 0 aliphatic heterocycles. The number of hydroxylamine groups is 1. The second kappa shape index (κ2) is 6.92. The maximum Gasteiger partial charge on any atom is 0.328 e. The van der Waals surface area contributed by atoms with Crippen LogP contribution in [0.4, 0.5) is 0 Å². The van der Waals surface area contributed by atoms with Gasteiger partial charge in [-0.25, -0.2) is 5.48 Å². The Bertz CT molecular complexity index is 220. The fraction of sp³-hybridized carbons (Fsp3) is 0.833. The molecule has 8 heteroatoms. The van der Waals surface area contributed by atoms with Gasteiger partial charge in [0.25, 0.3) is 0 Å². The van der Waals surface area contributed by atoms with E-state index in [1.807, 2.05) is 0 Å². The summed E-state index contributed by atoms with van der Waals surface area (Å²) < 4.78 is 15.7. The summed E-state index contributed by atoms with van der Waals surface area (Å²) in [7, 11) is -3.77. The zero-order valence-electron chi connectivity index (χ0n) is 7.55. The third-order valence-electron chi connectivity index (χ3n) is 1.34. The number of aliphatic hydroxyl groups is 1. The Morgan fingerprint density at radius 2 is 2.14 bits per heavy atom. The second-order valence-corrected chi connectivity index (χ2v) is 4.54. The molecular weight excluding hydrogens is 213 g/mol. The molecule has 0 aromatic rings. The Kier molecular flexibility index (Phi) is 6.69. The molecule has 14 heavy (non-hydrogen) atoms. The predicted molar refractivity (Wildman–Crippen MR) is 46.9 cm³/mol. The number of amides is 1. The lowest BCUT2D eigenvalue weighted by Crippen LogP contribution is -2.19. The summed E-state index contributed by atoms with van der Waals surface area (Å²) in [5.41, 5.74) is 1.34. The largest absolute Gasteiger partial charge is 0.396 e. The molecule has 0 aliphatic rings. The third-order valence-corrected chi connectivity index (χ3v) is 2.72. The predicted octanol–water partition coefficient (Wildman–Crippen LogP) is -0.534. The average Bonchev–Trinajstić information content (AvgIpc) is 2.14. The van der Waals surface area contributed by atoms with Crippen molar-refractivity contribution in [3.05, 3.63) is 0 Å². The van der Waals surface area contributed by atoms with Crippen molar-refractivity contribution in [2.75, 3.05) is 19.4 Å². The van der Waals surface area contributed by atoms with Crippen molar-refractivity contribution in [2.24, 2.45) is 0 Å². The number of carbonyl (C=O) groups is 1.